The largest absolute Gasteiger partial charge is 0.475 e. The molecule has 0 atom stereocenters. The maximum atomic E-state index is 11.0. The summed E-state index contributed by atoms with van der Waals surface area (Å²) >= 11 is 0. The maximum Gasteiger partial charge on any atom is 0.261 e. The van der Waals surface area contributed by atoms with E-state index in [9.17, 15) is 8.42 Å². The molecule has 1 heterocycles. The van der Waals surface area contributed by atoms with Gasteiger partial charge in [-0.15, -0.1) is 0 Å². The van der Waals surface area contributed by atoms with Crippen molar-refractivity contribution in [2.75, 3.05) is 0 Å². The van der Waals surface area contributed by atoms with Crippen molar-refractivity contribution in [3.05, 3.63) is 18.3 Å². The van der Waals surface area contributed by atoms with Crippen LogP contribution in [0.4, 0.5) is 0 Å². The zero-order valence-corrected chi connectivity index (χ0v) is 9.34. The van der Waals surface area contributed by atoms with Gasteiger partial charge in [-0.3, -0.25) is 0 Å². The summed E-state index contributed by atoms with van der Waals surface area (Å²) in [4.78, 5) is 3.84. The molecule has 0 aromatic carbocycles. The fraction of sp³-hybridized carbons (Fsp3) is 0.375. The number of pyridine rings is 1. The first-order valence-corrected chi connectivity index (χ1v) is 6.28. The fourth-order valence-corrected chi connectivity index (χ4v) is 1.60. The average Bonchev–Trinajstić information content (AvgIpc) is 2.01. The van der Waals surface area contributed by atoms with Crippen LogP contribution in [0.2, 0.25) is 0 Å². The summed E-state index contributed by atoms with van der Waals surface area (Å²) in [5.41, 5.74) is 0. The Morgan fingerprint density at radius 1 is 1.50 bits per heavy atom. The number of hydrogen-bond acceptors (Lipinski definition) is 4. The van der Waals surface area contributed by atoms with Crippen LogP contribution in [0.5, 0.6) is 5.88 Å². The molecule has 1 rings (SSSR count). The standard InChI is InChI=1S/C8H10ClNO3S/c1-6(2)13-8-5-7(3-4-10-8)14(9,11)12/h3-6H,1-2H3. The first-order chi connectivity index (χ1) is 6.39. The number of rotatable bonds is 3. The van der Waals surface area contributed by atoms with Crippen molar-refractivity contribution in [3.8, 4) is 5.88 Å². The average molecular weight is 236 g/mol. The monoisotopic (exact) mass is 235 g/mol. The molecule has 1 aromatic heterocycles. The van der Waals surface area contributed by atoms with E-state index in [1.54, 1.807) is 0 Å². The van der Waals surface area contributed by atoms with Crippen molar-refractivity contribution in [3.63, 3.8) is 0 Å². The number of hydrogen-bond donors (Lipinski definition) is 0. The molecule has 0 bridgehead atoms. The fourth-order valence-electron chi connectivity index (χ4n) is 0.849. The Balaban J connectivity index is 3.02. The van der Waals surface area contributed by atoms with Gasteiger partial charge in [0.15, 0.2) is 0 Å². The van der Waals surface area contributed by atoms with Crippen LogP contribution in [0.25, 0.3) is 0 Å². The third kappa shape index (κ3) is 3.16. The van der Waals surface area contributed by atoms with Crippen LogP contribution in [0.15, 0.2) is 23.2 Å². The zero-order chi connectivity index (χ0) is 10.8. The van der Waals surface area contributed by atoms with E-state index in [0.29, 0.717) is 0 Å². The highest BCUT2D eigenvalue weighted by molar-refractivity contribution is 8.13. The maximum absolute atomic E-state index is 11.0. The van der Waals surface area contributed by atoms with E-state index in [4.69, 9.17) is 15.4 Å². The molecule has 1 aromatic rings. The molecule has 0 saturated carbocycles. The zero-order valence-electron chi connectivity index (χ0n) is 7.77. The molecule has 0 saturated heterocycles. The van der Waals surface area contributed by atoms with E-state index in [1.807, 2.05) is 13.8 Å². The second-order valence-corrected chi connectivity index (χ2v) is 5.50. The number of ether oxygens (including phenoxy) is 1. The van der Waals surface area contributed by atoms with Crippen molar-refractivity contribution in [1.82, 2.24) is 4.98 Å². The molecule has 14 heavy (non-hydrogen) atoms. The van der Waals surface area contributed by atoms with Gasteiger partial charge in [0, 0.05) is 22.9 Å². The van der Waals surface area contributed by atoms with Crippen LogP contribution in [0.1, 0.15) is 13.8 Å². The molecular weight excluding hydrogens is 226 g/mol. The first-order valence-electron chi connectivity index (χ1n) is 3.97. The third-order valence-corrected chi connectivity index (χ3v) is 2.70. The molecule has 0 amide bonds. The van der Waals surface area contributed by atoms with Gasteiger partial charge in [0.25, 0.3) is 9.05 Å². The van der Waals surface area contributed by atoms with Crippen LogP contribution in [0.3, 0.4) is 0 Å². The Hall–Kier alpha value is -0.810. The van der Waals surface area contributed by atoms with Gasteiger partial charge in [-0.05, 0) is 19.9 Å². The van der Waals surface area contributed by atoms with Gasteiger partial charge in [-0.25, -0.2) is 13.4 Å². The SMILES string of the molecule is CC(C)Oc1cc(S(=O)(=O)Cl)ccn1. The lowest BCUT2D eigenvalue weighted by molar-refractivity contribution is 0.232. The van der Waals surface area contributed by atoms with Gasteiger partial charge >= 0.3 is 0 Å². The van der Waals surface area contributed by atoms with Crippen LogP contribution < -0.4 is 4.74 Å². The van der Waals surface area contributed by atoms with Crippen LogP contribution in [-0.4, -0.2) is 19.5 Å². The summed E-state index contributed by atoms with van der Waals surface area (Å²) in [6.07, 6.45) is 1.28. The lowest BCUT2D eigenvalue weighted by Gasteiger charge is -2.08. The molecule has 0 aliphatic rings. The minimum atomic E-state index is -3.71. The highest BCUT2D eigenvalue weighted by atomic mass is 35.7. The van der Waals surface area contributed by atoms with Crippen LogP contribution in [-0.2, 0) is 9.05 Å². The van der Waals surface area contributed by atoms with E-state index in [2.05, 4.69) is 4.98 Å². The Labute approximate surface area is 87.3 Å². The summed E-state index contributed by atoms with van der Waals surface area (Å²) in [6, 6.07) is 2.61. The summed E-state index contributed by atoms with van der Waals surface area (Å²) in [7, 11) is 1.45. The van der Waals surface area contributed by atoms with Crippen LogP contribution >= 0.6 is 10.7 Å². The van der Waals surface area contributed by atoms with Gasteiger partial charge in [0.1, 0.15) is 0 Å². The Kier molecular flexibility index (Phi) is 3.34. The predicted molar refractivity (Wildman–Crippen MR) is 53.0 cm³/mol. The van der Waals surface area contributed by atoms with E-state index in [-0.39, 0.29) is 16.9 Å². The minimum absolute atomic E-state index is 0.00943. The van der Waals surface area contributed by atoms with Gasteiger partial charge in [-0.2, -0.15) is 0 Å². The molecule has 78 valence electrons. The number of halogens is 1. The van der Waals surface area contributed by atoms with Gasteiger partial charge < -0.3 is 4.74 Å². The molecule has 0 radical (unpaired) electrons. The lowest BCUT2D eigenvalue weighted by Crippen LogP contribution is -2.07. The summed E-state index contributed by atoms with van der Waals surface area (Å²) in [5.74, 6) is 0.252. The molecular formula is C8H10ClNO3S. The molecule has 0 unspecified atom stereocenters. The molecule has 0 spiro atoms. The van der Waals surface area contributed by atoms with Crippen LogP contribution in [0, 0.1) is 0 Å². The Morgan fingerprint density at radius 2 is 2.14 bits per heavy atom. The summed E-state index contributed by atoms with van der Waals surface area (Å²) in [5, 5.41) is 0. The second-order valence-electron chi connectivity index (χ2n) is 2.93. The number of aromatic nitrogens is 1. The van der Waals surface area contributed by atoms with E-state index in [0.717, 1.165) is 0 Å². The molecule has 0 aliphatic carbocycles. The second kappa shape index (κ2) is 4.14. The molecule has 0 N–H and O–H groups in total. The molecule has 4 nitrogen and oxygen atoms in total. The Bertz CT molecular complexity index is 416. The first kappa shape index (κ1) is 11.3. The normalized spacial score (nSPS) is 11.7. The van der Waals surface area contributed by atoms with Crippen molar-refractivity contribution in [2.24, 2.45) is 0 Å². The van der Waals surface area contributed by atoms with Gasteiger partial charge in [0.05, 0.1) is 11.0 Å². The van der Waals surface area contributed by atoms with E-state index >= 15 is 0 Å². The minimum Gasteiger partial charge on any atom is -0.475 e. The molecule has 6 heteroatoms. The van der Waals surface area contributed by atoms with Crippen molar-refractivity contribution in [1.29, 1.82) is 0 Å². The highest BCUT2D eigenvalue weighted by Gasteiger charge is 2.11. The quantitative estimate of drug-likeness (QED) is 0.750. The van der Waals surface area contributed by atoms with E-state index in [1.165, 1.54) is 18.3 Å². The summed E-state index contributed by atoms with van der Waals surface area (Å²) in [6.45, 7) is 3.65. The smallest absolute Gasteiger partial charge is 0.261 e. The highest BCUT2D eigenvalue weighted by Crippen LogP contribution is 2.18. The lowest BCUT2D eigenvalue weighted by atomic mass is 10.4. The number of nitrogens with zero attached hydrogens (tertiary/aromatic N) is 1. The van der Waals surface area contributed by atoms with Crippen molar-refractivity contribution < 1.29 is 13.2 Å². The molecule has 0 aliphatic heterocycles. The van der Waals surface area contributed by atoms with Gasteiger partial charge in [0.2, 0.25) is 5.88 Å². The van der Waals surface area contributed by atoms with Crippen molar-refractivity contribution in [2.45, 2.75) is 24.8 Å². The topological polar surface area (TPSA) is 56.3 Å². The third-order valence-electron chi connectivity index (χ3n) is 1.34. The predicted octanol–water partition coefficient (Wildman–Crippen LogP) is 1.80. The summed E-state index contributed by atoms with van der Waals surface area (Å²) < 4.78 is 27.1. The Morgan fingerprint density at radius 3 is 2.64 bits per heavy atom. The van der Waals surface area contributed by atoms with Crippen molar-refractivity contribution >= 4 is 19.7 Å². The molecule has 0 fully saturated rings. The van der Waals surface area contributed by atoms with E-state index < -0.39 is 9.05 Å². The van der Waals surface area contributed by atoms with Gasteiger partial charge in [-0.1, -0.05) is 0 Å².